The standard InChI is InChI=1S/C10H12N2S.C2H6/c1-10(2,3)8-7-4-5-13-9(7)12-6-11-8;1-2/h4-6H,1-3H3;1-2H3. The fourth-order valence-corrected chi connectivity index (χ4v) is 2.12. The average molecular weight is 222 g/mol. The van der Waals surface area contributed by atoms with Gasteiger partial charge in [-0.05, 0) is 11.4 Å². The van der Waals surface area contributed by atoms with Gasteiger partial charge in [-0.3, -0.25) is 0 Å². The molecule has 2 rings (SSSR count). The summed E-state index contributed by atoms with van der Waals surface area (Å²) in [6, 6.07) is 2.10. The molecule has 2 heterocycles. The lowest BCUT2D eigenvalue weighted by Gasteiger charge is -2.17. The van der Waals surface area contributed by atoms with Gasteiger partial charge in [-0.25, -0.2) is 9.97 Å². The van der Waals surface area contributed by atoms with Gasteiger partial charge in [-0.1, -0.05) is 34.6 Å². The number of nitrogens with zero attached hydrogens (tertiary/aromatic N) is 2. The minimum absolute atomic E-state index is 0.0995. The van der Waals surface area contributed by atoms with E-state index in [1.807, 2.05) is 13.8 Å². The molecule has 0 fully saturated rings. The summed E-state index contributed by atoms with van der Waals surface area (Å²) in [4.78, 5) is 9.65. The lowest BCUT2D eigenvalue weighted by atomic mass is 9.90. The second-order valence-electron chi connectivity index (χ2n) is 4.11. The van der Waals surface area contributed by atoms with E-state index in [0.717, 1.165) is 10.5 Å². The van der Waals surface area contributed by atoms with E-state index in [1.165, 1.54) is 5.39 Å². The summed E-state index contributed by atoms with van der Waals surface area (Å²) in [7, 11) is 0. The Morgan fingerprint density at radius 1 is 1.13 bits per heavy atom. The molecule has 15 heavy (non-hydrogen) atoms. The normalized spacial score (nSPS) is 11.0. The van der Waals surface area contributed by atoms with E-state index in [-0.39, 0.29) is 5.41 Å². The molecule has 2 aromatic rings. The molecular formula is C12H18N2S. The minimum Gasteiger partial charge on any atom is -0.240 e. The molecule has 0 aliphatic rings. The van der Waals surface area contributed by atoms with E-state index < -0.39 is 0 Å². The van der Waals surface area contributed by atoms with Crippen molar-refractivity contribution in [2.24, 2.45) is 0 Å². The monoisotopic (exact) mass is 222 g/mol. The van der Waals surface area contributed by atoms with Crippen molar-refractivity contribution < 1.29 is 0 Å². The van der Waals surface area contributed by atoms with Crippen LogP contribution in [-0.4, -0.2) is 9.97 Å². The maximum absolute atomic E-state index is 4.35. The predicted octanol–water partition coefficient (Wildman–Crippen LogP) is 4.02. The maximum atomic E-state index is 4.35. The number of hydrogen-bond acceptors (Lipinski definition) is 3. The third-order valence-corrected chi connectivity index (χ3v) is 2.79. The summed E-state index contributed by atoms with van der Waals surface area (Å²) < 4.78 is 0. The van der Waals surface area contributed by atoms with Crippen molar-refractivity contribution in [2.45, 2.75) is 40.0 Å². The van der Waals surface area contributed by atoms with Crippen molar-refractivity contribution >= 4 is 21.6 Å². The van der Waals surface area contributed by atoms with Gasteiger partial charge in [0.2, 0.25) is 0 Å². The van der Waals surface area contributed by atoms with Crippen LogP contribution in [0, 0.1) is 0 Å². The largest absolute Gasteiger partial charge is 0.240 e. The molecule has 2 nitrogen and oxygen atoms in total. The molecule has 0 amide bonds. The first-order valence-corrected chi connectivity index (χ1v) is 6.16. The molecular weight excluding hydrogens is 204 g/mol. The zero-order chi connectivity index (χ0) is 11.5. The molecule has 0 unspecified atom stereocenters. The Balaban J connectivity index is 0.000000531. The van der Waals surface area contributed by atoms with Crippen molar-refractivity contribution in [3.05, 3.63) is 23.5 Å². The van der Waals surface area contributed by atoms with Crippen LogP contribution in [0.4, 0.5) is 0 Å². The third-order valence-electron chi connectivity index (χ3n) is 1.97. The highest BCUT2D eigenvalue weighted by molar-refractivity contribution is 7.16. The first-order valence-electron chi connectivity index (χ1n) is 5.28. The molecule has 0 saturated heterocycles. The SMILES string of the molecule is CC.CC(C)(C)c1ncnc2sccc12. The number of rotatable bonds is 0. The molecule has 3 heteroatoms. The van der Waals surface area contributed by atoms with Gasteiger partial charge in [0.05, 0.1) is 5.69 Å². The van der Waals surface area contributed by atoms with E-state index in [2.05, 4.69) is 42.2 Å². The highest BCUT2D eigenvalue weighted by Crippen LogP contribution is 2.28. The number of hydrogen-bond donors (Lipinski definition) is 0. The summed E-state index contributed by atoms with van der Waals surface area (Å²) in [5, 5.41) is 3.26. The van der Waals surface area contributed by atoms with Gasteiger partial charge in [-0.15, -0.1) is 11.3 Å². The van der Waals surface area contributed by atoms with Crippen LogP contribution >= 0.6 is 11.3 Å². The third kappa shape index (κ3) is 2.53. The first kappa shape index (κ1) is 12.1. The summed E-state index contributed by atoms with van der Waals surface area (Å²) in [6.45, 7) is 10.5. The van der Waals surface area contributed by atoms with Crippen molar-refractivity contribution in [1.82, 2.24) is 9.97 Å². The number of thiophene rings is 1. The van der Waals surface area contributed by atoms with Crippen LogP contribution in [0.25, 0.3) is 10.2 Å². The van der Waals surface area contributed by atoms with E-state index in [4.69, 9.17) is 0 Å². The molecule has 0 aliphatic carbocycles. The minimum atomic E-state index is 0.0995. The fraction of sp³-hybridized carbons (Fsp3) is 0.500. The molecule has 0 radical (unpaired) electrons. The van der Waals surface area contributed by atoms with Gasteiger partial charge in [-0.2, -0.15) is 0 Å². The summed E-state index contributed by atoms with van der Waals surface area (Å²) in [5.41, 5.74) is 1.24. The van der Waals surface area contributed by atoms with Gasteiger partial charge in [0.15, 0.2) is 0 Å². The lowest BCUT2D eigenvalue weighted by molar-refractivity contribution is 0.574. The molecule has 0 saturated carbocycles. The molecule has 82 valence electrons. The summed E-state index contributed by atoms with van der Waals surface area (Å²) in [5.74, 6) is 0. The molecule has 0 atom stereocenters. The van der Waals surface area contributed by atoms with E-state index >= 15 is 0 Å². The van der Waals surface area contributed by atoms with Crippen LogP contribution < -0.4 is 0 Å². The fourth-order valence-electron chi connectivity index (χ4n) is 1.39. The van der Waals surface area contributed by atoms with Gasteiger partial charge in [0.1, 0.15) is 11.2 Å². The Labute approximate surface area is 95.4 Å². The predicted molar refractivity (Wildman–Crippen MR) is 67.5 cm³/mol. The van der Waals surface area contributed by atoms with E-state index in [1.54, 1.807) is 17.7 Å². The molecule has 0 aliphatic heterocycles. The van der Waals surface area contributed by atoms with Gasteiger partial charge < -0.3 is 0 Å². The average Bonchev–Trinajstić information content (AvgIpc) is 2.66. The van der Waals surface area contributed by atoms with Gasteiger partial charge >= 0.3 is 0 Å². The Kier molecular flexibility index (Phi) is 3.80. The Hall–Kier alpha value is -0.960. The number of fused-ring (bicyclic) bond motifs is 1. The smallest absolute Gasteiger partial charge is 0.126 e. The molecule has 2 aromatic heterocycles. The van der Waals surface area contributed by atoms with Crippen molar-refractivity contribution in [2.75, 3.05) is 0 Å². The highest BCUT2D eigenvalue weighted by Gasteiger charge is 2.18. The van der Waals surface area contributed by atoms with Crippen molar-refractivity contribution in [1.29, 1.82) is 0 Å². The maximum Gasteiger partial charge on any atom is 0.126 e. The Morgan fingerprint density at radius 2 is 1.80 bits per heavy atom. The molecule has 0 spiro atoms. The number of aromatic nitrogens is 2. The van der Waals surface area contributed by atoms with Crippen LogP contribution in [0.15, 0.2) is 17.8 Å². The van der Waals surface area contributed by atoms with Crippen LogP contribution in [0.1, 0.15) is 40.3 Å². The van der Waals surface area contributed by atoms with E-state index in [0.29, 0.717) is 0 Å². The summed E-state index contributed by atoms with van der Waals surface area (Å²) >= 11 is 1.67. The van der Waals surface area contributed by atoms with Crippen LogP contribution in [-0.2, 0) is 5.41 Å². The lowest BCUT2D eigenvalue weighted by Crippen LogP contribution is -2.13. The zero-order valence-corrected chi connectivity index (χ0v) is 10.9. The van der Waals surface area contributed by atoms with Crippen LogP contribution in [0.2, 0.25) is 0 Å². The molecule has 0 bridgehead atoms. The highest BCUT2D eigenvalue weighted by atomic mass is 32.1. The van der Waals surface area contributed by atoms with E-state index in [9.17, 15) is 0 Å². The second kappa shape index (κ2) is 4.71. The zero-order valence-electron chi connectivity index (χ0n) is 10.0. The van der Waals surface area contributed by atoms with Crippen molar-refractivity contribution in [3.63, 3.8) is 0 Å². The summed E-state index contributed by atoms with van der Waals surface area (Å²) in [6.07, 6.45) is 1.65. The van der Waals surface area contributed by atoms with Crippen molar-refractivity contribution in [3.8, 4) is 0 Å². The second-order valence-corrected chi connectivity index (χ2v) is 5.01. The molecule has 0 aromatic carbocycles. The van der Waals surface area contributed by atoms with Gasteiger partial charge in [0.25, 0.3) is 0 Å². The van der Waals surface area contributed by atoms with Crippen LogP contribution in [0.3, 0.4) is 0 Å². The van der Waals surface area contributed by atoms with Gasteiger partial charge in [0, 0.05) is 10.8 Å². The topological polar surface area (TPSA) is 25.8 Å². The van der Waals surface area contributed by atoms with Crippen LogP contribution in [0.5, 0.6) is 0 Å². The first-order chi connectivity index (χ1) is 7.09. The Morgan fingerprint density at radius 3 is 2.40 bits per heavy atom. The quantitative estimate of drug-likeness (QED) is 0.673. The Bertz CT molecular complexity index is 426. The molecule has 0 N–H and O–H groups in total.